The topological polar surface area (TPSA) is 101 Å². The lowest BCUT2D eigenvalue weighted by Crippen LogP contribution is -2.31. The second-order valence-corrected chi connectivity index (χ2v) is 5.61. The van der Waals surface area contributed by atoms with Gasteiger partial charge in [0.2, 0.25) is 16.9 Å². The van der Waals surface area contributed by atoms with Crippen molar-refractivity contribution in [2.45, 2.75) is 25.8 Å². The summed E-state index contributed by atoms with van der Waals surface area (Å²) >= 11 is 1.25. The van der Waals surface area contributed by atoms with Crippen molar-refractivity contribution in [3.63, 3.8) is 0 Å². The highest BCUT2D eigenvalue weighted by Gasteiger charge is 2.49. The first-order valence-electron chi connectivity index (χ1n) is 5.85. The van der Waals surface area contributed by atoms with Gasteiger partial charge >= 0.3 is 0 Å². The van der Waals surface area contributed by atoms with E-state index in [1.165, 1.54) is 16.2 Å². The van der Waals surface area contributed by atoms with Crippen LogP contribution in [-0.2, 0) is 16.1 Å². The number of anilines is 1. The molecular weight excluding hydrogens is 254 g/mol. The molecule has 0 aromatic carbocycles. The monoisotopic (exact) mass is 267 g/mol. The number of likely N-dealkylation sites (tertiary alicyclic amines) is 1. The van der Waals surface area contributed by atoms with E-state index in [0.29, 0.717) is 10.1 Å². The quantitative estimate of drug-likeness (QED) is 0.458. The smallest absolute Gasteiger partial charge is 0.233 e. The number of hydrazine groups is 1. The minimum atomic E-state index is -0.0995. The zero-order valence-electron chi connectivity index (χ0n) is 9.63. The first-order valence-corrected chi connectivity index (χ1v) is 6.66. The first kappa shape index (κ1) is 11.5. The summed E-state index contributed by atoms with van der Waals surface area (Å²) in [6, 6.07) is 0. The van der Waals surface area contributed by atoms with Crippen molar-refractivity contribution in [2.24, 2.45) is 17.7 Å². The Kier molecular flexibility index (Phi) is 2.75. The van der Waals surface area contributed by atoms with Gasteiger partial charge in [0.1, 0.15) is 5.01 Å². The van der Waals surface area contributed by atoms with Crippen LogP contribution in [0.25, 0.3) is 0 Å². The van der Waals surface area contributed by atoms with Gasteiger partial charge < -0.3 is 0 Å². The maximum absolute atomic E-state index is 12.1. The van der Waals surface area contributed by atoms with Crippen LogP contribution in [0.3, 0.4) is 0 Å². The number of hydrogen-bond donors (Lipinski definition) is 2. The van der Waals surface area contributed by atoms with Gasteiger partial charge in [0.15, 0.2) is 0 Å². The molecule has 1 aromatic rings. The SMILES string of the molecule is NNc1nnc(CN2C(=O)C3CCCC3C2=O)s1. The standard InChI is InChI=1S/C10H13N5O2S/c11-12-10-14-13-7(18-10)4-15-8(16)5-2-1-3-6(5)9(15)17/h5-6H,1-4,11H2,(H,12,14). The molecule has 2 unspecified atom stereocenters. The van der Waals surface area contributed by atoms with Crippen molar-refractivity contribution < 1.29 is 9.59 Å². The van der Waals surface area contributed by atoms with E-state index in [0.717, 1.165) is 19.3 Å². The molecule has 2 atom stereocenters. The summed E-state index contributed by atoms with van der Waals surface area (Å²) in [5.41, 5.74) is 2.39. The highest BCUT2D eigenvalue weighted by molar-refractivity contribution is 7.15. The molecule has 96 valence electrons. The van der Waals surface area contributed by atoms with Gasteiger partial charge in [-0.1, -0.05) is 17.8 Å². The number of imide groups is 1. The van der Waals surface area contributed by atoms with Crippen molar-refractivity contribution >= 4 is 28.3 Å². The maximum atomic E-state index is 12.1. The lowest BCUT2D eigenvalue weighted by atomic mass is 10.00. The van der Waals surface area contributed by atoms with E-state index in [2.05, 4.69) is 15.6 Å². The van der Waals surface area contributed by atoms with E-state index in [1.54, 1.807) is 0 Å². The Labute approximate surface area is 107 Å². The van der Waals surface area contributed by atoms with E-state index in [-0.39, 0.29) is 30.2 Å². The Morgan fingerprint density at radius 2 is 1.94 bits per heavy atom. The molecule has 3 rings (SSSR count). The molecule has 0 radical (unpaired) electrons. The van der Waals surface area contributed by atoms with Gasteiger partial charge in [0, 0.05) is 0 Å². The van der Waals surface area contributed by atoms with Gasteiger partial charge in [0.25, 0.3) is 0 Å². The average molecular weight is 267 g/mol. The van der Waals surface area contributed by atoms with Crippen LogP contribution < -0.4 is 11.3 Å². The van der Waals surface area contributed by atoms with Crippen molar-refractivity contribution in [1.82, 2.24) is 15.1 Å². The third-order valence-corrected chi connectivity index (χ3v) is 4.41. The van der Waals surface area contributed by atoms with Crippen LogP contribution in [0.2, 0.25) is 0 Å². The Balaban J connectivity index is 1.77. The van der Waals surface area contributed by atoms with Gasteiger partial charge in [-0.15, -0.1) is 10.2 Å². The Morgan fingerprint density at radius 1 is 1.28 bits per heavy atom. The number of carbonyl (C=O) groups excluding carboxylic acids is 2. The second-order valence-electron chi connectivity index (χ2n) is 4.55. The molecule has 18 heavy (non-hydrogen) atoms. The highest BCUT2D eigenvalue weighted by Crippen LogP contribution is 2.40. The fraction of sp³-hybridized carbons (Fsp3) is 0.600. The molecule has 1 aliphatic carbocycles. The number of nitrogen functional groups attached to an aromatic ring is 1. The molecule has 1 aliphatic heterocycles. The van der Waals surface area contributed by atoms with Crippen LogP contribution in [0.5, 0.6) is 0 Å². The number of nitrogens with one attached hydrogen (secondary N) is 1. The van der Waals surface area contributed by atoms with E-state index < -0.39 is 0 Å². The predicted octanol–water partition coefficient (Wildman–Crippen LogP) is 0.109. The Bertz CT molecular complexity index is 480. The fourth-order valence-corrected chi connectivity index (χ4v) is 3.37. The average Bonchev–Trinajstić information content (AvgIpc) is 3.06. The molecule has 2 aliphatic rings. The lowest BCUT2D eigenvalue weighted by molar-refractivity contribution is -0.141. The van der Waals surface area contributed by atoms with Crippen molar-refractivity contribution in [1.29, 1.82) is 0 Å². The summed E-state index contributed by atoms with van der Waals surface area (Å²) in [6.07, 6.45) is 2.63. The highest BCUT2D eigenvalue weighted by atomic mass is 32.1. The summed E-state index contributed by atoms with van der Waals surface area (Å²) < 4.78 is 0. The summed E-state index contributed by atoms with van der Waals surface area (Å²) in [5, 5.41) is 8.77. The van der Waals surface area contributed by atoms with E-state index in [1.807, 2.05) is 0 Å². The number of nitrogens with two attached hydrogens (primary N) is 1. The van der Waals surface area contributed by atoms with Crippen molar-refractivity contribution in [3.05, 3.63) is 5.01 Å². The number of hydrogen-bond acceptors (Lipinski definition) is 7. The largest absolute Gasteiger partial charge is 0.298 e. The second kappa shape index (κ2) is 4.29. The number of fused-ring (bicyclic) bond motifs is 1. The van der Waals surface area contributed by atoms with Crippen LogP contribution in [0.15, 0.2) is 0 Å². The van der Waals surface area contributed by atoms with Crippen LogP contribution in [0.1, 0.15) is 24.3 Å². The zero-order valence-corrected chi connectivity index (χ0v) is 10.4. The van der Waals surface area contributed by atoms with Crippen LogP contribution >= 0.6 is 11.3 Å². The van der Waals surface area contributed by atoms with Gasteiger partial charge in [-0.05, 0) is 12.8 Å². The molecule has 2 fully saturated rings. The van der Waals surface area contributed by atoms with Gasteiger partial charge in [-0.3, -0.25) is 19.9 Å². The molecule has 2 amide bonds. The molecule has 8 heteroatoms. The van der Waals surface area contributed by atoms with Crippen molar-refractivity contribution in [3.8, 4) is 0 Å². The van der Waals surface area contributed by atoms with E-state index >= 15 is 0 Å². The first-order chi connectivity index (χ1) is 8.70. The number of rotatable bonds is 3. The predicted molar refractivity (Wildman–Crippen MR) is 64.1 cm³/mol. The Hall–Kier alpha value is -1.54. The zero-order chi connectivity index (χ0) is 12.7. The molecule has 0 bridgehead atoms. The minimum absolute atomic E-state index is 0.0556. The molecule has 0 spiro atoms. The lowest BCUT2D eigenvalue weighted by Gasteiger charge is -2.13. The molecule has 7 nitrogen and oxygen atoms in total. The van der Waals surface area contributed by atoms with Crippen LogP contribution in [0, 0.1) is 11.8 Å². The van der Waals surface area contributed by atoms with Gasteiger partial charge in [-0.2, -0.15) is 0 Å². The van der Waals surface area contributed by atoms with Crippen molar-refractivity contribution in [2.75, 3.05) is 5.43 Å². The summed E-state index contributed by atoms with van der Waals surface area (Å²) in [5.74, 6) is 4.90. The van der Waals surface area contributed by atoms with Gasteiger partial charge in [0.05, 0.1) is 18.4 Å². The number of carbonyl (C=O) groups is 2. The van der Waals surface area contributed by atoms with E-state index in [4.69, 9.17) is 5.84 Å². The summed E-state index contributed by atoms with van der Waals surface area (Å²) in [7, 11) is 0. The van der Waals surface area contributed by atoms with Crippen LogP contribution in [0.4, 0.5) is 5.13 Å². The number of aromatic nitrogens is 2. The fourth-order valence-electron chi connectivity index (χ4n) is 2.73. The molecule has 3 N–H and O–H groups in total. The summed E-state index contributed by atoms with van der Waals surface area (Å²) in [4.78, 5) is 25.5. The molecule has 1 saturated heterocycles. The molecule has 1 saturated carbocycles. The van der Waals surface area contributed by atoms with E-state index in [9.17, 15) is 9.59 Å². The Morgan fingerprint density at radius 3 is 2.50 bits per heavy atom. The molecular formula is C10H13N5O2S. The maximum Gasteiger partial charge on any atom is 0.233 e. The van der Waals surface area contributed by atoms with Crippen LogP contribution in [-0.4, -0.2) is 26.9 Å². The molecule has 1 aromatic heterocycles. The number of amides is 2. The van der Waals surface area contributed by atoms with Gasteiger partial charge in [-0.25, -0.2) is 5.84 Å². The summed E-state index contributed by atoms with van der Waals surface area (Å²) in [6.45, 7) is 0.212. The third kappa shape index (κ3) is 1.68. The molecule has 2 heterocycles. The third-order valence-electron chi connectivity index (χ3n) is 3.57. The minimum Gasteiger partial charge on any atom is -0.298 e. The normalized spacial score (nSPS) is 26.8. The number of nitrogens with zero attached hydrogens (tertiary/aromatic N) is 3.